The van der Waals surface area contributed by atoms with Crippen LogP contribution < -0.4 is 0 Å². The molecule has 1 amide bonds. The molecule has 1 atom stereocenters. The van der Waals surface area contributed by atoms with E-state index in [1.165, 1.54) is 0 Å². The van der Waals surface area contributed by atoms with Crippen molar-refractivity contribution < 1.29 is 15.0 Å². The third kappa shape index (κ3) is 2.00. The van der Waals surface area contributed by atoms with Crippen molar-refractivity contribution in [3.63, 3.8) is 0 Å². The Kier molecular flexibility index (Phi) is 2.93. The first-order chi connectivity index (χ1) is 6.01. The SMILES string of the molecule is CC(C)(CO)N1CC(CO)CC1=O. The van der Waals surface area contributed by atoms with E-state index in [2.05, 4.69) is 0 Å². The Balaban J connectivity index is 2.67. The highest BCUT2D eigenvalue weighted by Gasteiger charge is 2.37. The first kappa shape index (κ1) is 10.5. The second-order valence-electron chi connectivity index (χ2n) is 4.23. The third-order valence-corrected chi connectivity index (χ3v) is 2.58. The molecule has 0 aromatic rings. The lowest BCUT2D eigenvalue weighted by Gasteiger charge is -2.33. The Labute approximate surface area is 78.2 Å². The fourth-order valence-electron chi connectivity index (χ4n) is 1.57. The number of hydrogen-bond acceptors (Lipinski definition) is 3. The molecule has 1 aliphatic rings. The molecule has 0 radical (unpaired) electrons. The standard InChI is InChI=1S/C9H17NO3/c1-9(2,6-12)10-4-7(5-11)3-8(10)13/h7,11-12H,3-6H2,1-2H3. The zero-order chi connectivity index (χ0) is 10.1. The number of likely N-dealkylation sites (tertiary alicyclic amines) is 1. The van der Waals surface area contributed by atoms with Crippen molar-refractivity contribution in [3.8, 4) is 0 Å². The van der Waals surface area contributed by atoms with E-state index in [1.54, 1.807) is 4.90 Å². The van der Waals surface area contributed by atoms with E-state index in [0.29, 0.717) is 13.0 Å². The van der Waals surface area contributed by atoms with Crippen molar-refractivity contribution in [1.82, 2.24) is 4.90 Å². The van der Waals surface area contributed by atoms with Crippen LogP contribution in [0.25, 0.3) is 0 Å². The Morgan fingerprint density at radius 3 is 2.54 bits per heavy atom. The number of rotatable bonds is 3. The van der Waals surface area contributed by atoms with Crippen molar-refractivity contribution >= 4 is 5.91 Å². The highest BCUT2D eigenvalue weighted by molar-refractivity contribution is 5.79. The van der Waals surface area contributed by atoms with E-state index >= 15 is 0 Å². The van der Waals surface area contributed by atoms with Crippen molar-refractivity contribution in [2.75, 3.05) is 19.8 Å². The van der Waals surface area contributed by atoms with E-state index < -0.39 is 5.54 Å². The predicted molar refractivity (Wildman–Crippen MR) is 48.1 cm³/mol. The summed E-state index contributed by atoms with van der Waals surface area (Å²) in [7, 11) is 0. The number of aliphatic hydroxyl groups excluding tert-OH is 2. The number of amides is 1. The molecule has 1 aliphatic heterocycles. The molecule has 0 aromatic heterocycles. The van der Waals surface area contributed by atoms with Crippen LogP contribution in [0, 0.1) is 5.92 Å². The molecular formula is C9H17NO3. The molecule has 0 spiro atoms. The van der Waals surface area contributed by atoms with Crippen LogP contribution in [-0.4, -0.2) is 46.3 Å². The number of hydrogen-bond donors (Lipinski definition) is 2. The summed E-state index contributed by atoms with van der Waals surface area (Å²) in [6.45, 7) is 4.21. The van der Waals surface area contributed by atoms with Gasteiger partial charge in [0.2, 0.25) is 5.91 Å². The Morgan fingerprint density at radius 2 is 2.15 bits per heavy atom. The van der Waals surface area contributed by atoms with Gasteiger partial charge in [-0.15, -0.1) is 0 Å². The van der Waals surface area contributed by atoms with Gasteiger partial charge >= 0.3 is 0 Å². The van der Waals surface area contributed by atoms with Gasteiger partial charge in [0.1, 0.15) is 0 Å². The molecule has 13 heavy (non-hydrogen) atoms. The van der Waals surface area contributed by atoms with Crippen molar-refractivity contribution in [3.05, 3.63) is 0 Å². The van der Waals surface area contributed by atoms with Crippen molar-refractivity contribution in [1.29, 1.82) is 0 Å². The molecule has 4 heteroatoms. The van der Waals surface area contributed by atoms with Gasteiger partial charge in [-0.25, -0.2) is 0 Å². The van der Waals surface area contributed by atoms with Gasteiger partial charge in [0, 0.05) is 25.5 Å². The molecule has 0 aliphatic carbocycles. The minimum atomic E-state index is -0.499. The maximum absolute atomic E-state index is 11.5. The molecule has 0 aromatic carbocycles. The summed E-state index contributed by atoms with van der Waals surface area (Å²) >= 11 is 0. The number of carbonyl (C=O) groups is 1. The predicted octanol–water partition coefficient (Wildman–Crippen LogP) is -0.402. The Bertz CT molecular complexity index is 203. The van der Waals surface area contributed by atoms with Gasteiger partial charge in [0.15, 0.2) is 0 Å². The minimum Gasteiger partial charge on any atom is -0.396 e. The topological polar surface area (TPSA) is 60.8 Å². The van der Waals surface area contributed by atoms with Gasteiger partial charge < -0.3 is 15.1 Å². The van der Waals surface area contributed by atoms with E-state index in [0.717, 1.165) is 0 Å². The maximum atomic E-state index is 11.5. The molecule has 76 valence electrons. The largest absolute Gasteiger partial charge is 0.396 e. The van der Waals surface area contributed by atoms with Crippen molar-refractivity contribution in [2.24, 2.45) is 5.92 Å². The summed E-state index contributed by atoms with van der Waals surface area (Å²) in [6.07, 6.45) is 0.403. The van der Waals surface area contributed by atoms with Gasteiger partial charge in [-0.3, -0.25) is 4.79 Å². The van der Waals surface area contributed by atoms with E-state index in [4.69, 9.17) is 10.2 Å². The van der Waals surface area contributed by atoms with Crippen LogP contribution in [0.3, 0.4) is 0 Å². The second-order valence-corrected chi connectivity index (χ2v) is 4.23. The Hall–Kier alpha value is -0.610. The van der Waals surface area contributed by atoms with Gasteiger partial charge in [-0.05, 0) is 13.8 Å². The molecule has 1 heterocycles. The molecule has 0 saturated carbocycles. The first-order valence-electron chi connectivity index (χ1n) is 4.53. The van der Waals surface area contributed by atoms with Crippen LogP contribution in [0.1, 0.15) is 20.3 Å². The summed E-state index contributed by atoms with van der Waals surface area (Å²) in [5.74, 6) is 0.0661. The van der Waals surface area contributed by atoms with Crippen LogP contribution in [0.15, 0.2) is 0 Å². The fourth-order valence-corrected chi connectivity index (χ4v) is 1.57. The maximum Gasteiger partial charge on any atom is 0.223 e. The number of aliphatic hydroxyl groups is 2. The van der Waals surface area contributed by atoms with Crippen LogP contribution in [0.5, 0.6) is 0 Å². The molecule has 4 nitrogen and oxygen atoms in total. The molecule has 1 fully saturated rings. The van der Waals surface area contributed by atoms with Crippen LogP contribution >= 0.6 is 0 Å². The second kappa shape index (κ2) is 3.64. The average Bonchev–Trinajstić information content (AvgIpc) is 2.47. The summed E-state index contributed by atoms with van der Waals surface area (Å²) < 4.78 is 0. The lowest BCUT2D eigenvalue weighted by Crippen LogP contribution is -2.47. The molecule has 0 bridgehead atoms. The van der Waals surface area contributed by atoms with Gasteiger partial charge in [0.05, 0.1) is 12.1 Å². The third-order valence-electron chi connectivity index (χ3n) is 2.58. The Morgan fingerprint density at radius 1 is 1.54 bits per heavy atom. The zero-order valence-electron chi connectivity index (χ0n) is 8.16. The van der Waals surface area contributed by atoms with Crippen LogP contribution in [0.4, 0.5) is 0 Å². The normalized spacial score (nSPS) is 24.2. The fraction of sp³-hybridized carbons (Fsp3) is 0.889. The zero-order valence-corrected chi connectivity index (χ0v) is 8.16. The molecule has 1 rings (SSSR count). The van der Waals surface area contributed by atoms with E-state index in [-0.39, 0.29) is 25.0 Å². The van der Waals surface area contributed by atoms with Crippen LogP contribution in [0.2, 0.25) is 0 Å². The molecule has 2 N–H and O–H groups in total. The van der Waals surface area contributed by atoms with Gasteiger partial charge in [-0.2, -0.15) is 0 Å². The highest BCUT2D eigenvalue weighted by Crippen LogP contribution is 2.25. The summed E-state index contributed by atoms with van der Waals surface area (Å²) in [4.78, 5) is 13.1. The average molecular weight is 187 g/mol. The lowest BCUT2D eigenvalue weighted by atomic mass is 10.1. The first-order valence-corrected chi connectivity index (χ1v) is 4.53. The molecular weight excluding hydrogens is 170 g/mol. The monoisotopic (exact) mass is 187 g/mol. The highest BCUT2D eigenvalue weighted by atomic mass is 16.3. The van der Waals surface area contributed by atoms with Crippen molar-refractivity contribution in [2.45, 2.75) is 25.8 Å². The lowest BCUT2D eigenvalue weighted by molar-refractivity contribution is -0.133. The number of nitrogens with zero attached hydrogens (tertiary/aromatic N) is 1. The van der Waals surface area contributed by atoms with E-state index in [1.807, 2.05) is 13.8 Å². The summed E-state index contributed by atoms with van der Waals surface area (Å²) in [5, 5.41) is 18.0. The molecule has 1 saturated heterocycles. The smallest absolute Gasteiger partial charge is 0.223 e. The summed E-state index contributed by atoms with van der Waals surface area (Å²) in [5.41, 5.74) is -0.499. The quantitative estimate of drug-likeness (QED) is 0.632. The summed E-state index contributed by atoms with van der Waals surface area (Å²) in [6, 6.07) is 0. The minimum absolute atomic E-state index is 0.0260. The van der Waals surface area contributed by atoms with Crippen LogP contribution in [-0.2, 0) is 4.79 Å². The number of carbonyl (C=O) groups excluding carboxylic acids is 1. The molecule has 1 unspecified atom stereocenters. The van der Waals surface area contributed by atoms with Gasteiger partial charge in [0.25, 0.3) is 0 Å². The van der Waals surface area contributed by atoms with E-state index in [9.17, 15) is 4.79 Å². The van der Waals surface area contributed by atoms with Gasteiger partial charge in [-0.1, -0.05) is 0 Å².